The number of ether oxygens (including phenoxy) is 1. The predicted octanol–water partition coefficient (Wildman–Crippen LogP) is 2.44. The standard InChI is InChI=1S/C16H23N3O2/c1-11-6-9-21-15(11)16-18-12(2)14(13(3)19-16)5-7-17-8-10-20-4/h6,9,17H,5,7-8,10H2,1-4H3. The van der Waals surface area contributed by atoms with E-state index in [2.05, 4.69) is 15.3 Å². The summed E-state index contributed by atoms with van der Waals surface area (Å²) in [5.41, 5.74) is 4.29. The summed E-state index contributed by atoms with van der Waals surface area (Å²) in [5.74, 6) is 1.43. The van der Waals surface area contributed by atoms with Crippen molar-refractivity contribution in [2.75, 3.05) is 26.8 Å². The molecule has 0 aliphatic heterocycles. The topological polar surface area (TPSA) is 60.2 Å². The van der Waals surface area contributed by atoms with Gasteiger partial charge < -0.3 is 14.5 Å². The minimum atomic E-state index is 0.670. The lowest BCUT2D eigenvalue weighted by Crippen LogP contribution is -2.22. The Balaban J connectivity index is 2.09. The van der Waals surface area contributed by atoms with Crippen molar-refractivity contribution in [3.05, 3.63) is 34.8 Å². The van der Waals surface area contributed by atoms with Crippen LogP contribution in [0.3, 0.4) is 0 Å². The van der Waals surface area contributed by atoms with Gasteiger partial charge in [-0.1, -0.05) is 0 Å². The smallest absolute Gasteiger partial charge is 0.196 e. The number of rotatable bonds is 7. The molecule has 5 heteroatoms. The Bertz CT molecular complexity index is 570. The van der Waals surface area contributed by atoms with Gasteiger partial charge in [-0.05, 0) is 50.9 Å². The number of hydrogen-bond donors (Lipinski definition) is 1. The second-order valence-electron chi connectivity index (χ2n) is 5.12. The monoisotopic (exact) mass is 289 g/mol. The molecule has 21 heavy (non-hydrogen) atoms. The van der Waals surface area contributed by atoms with Crippen molar-refractivity contribution < 1.29 is 9.15 Å². The van der Waals surface area contributed by atoms with Gasteiger partial charge in [0, 0.05) is 25.0 Å². The minimum Gasteiger partial charge on any atom is -0.461 e. The van der Waals surface area contributed by atoms with Gasteiger partial charge in [0.1, 0.15) is 0 Å². The molecular weight excluding hydrogens is 266 g/mol. The van der Waals surface area contributed by atoms with Gasteiger partial charge >= 0.3 is 0 Å². The van der Waals surface area contributed by atoms with E-state index in [9.17, 15) is 0 Å². The second kappa shape index (κ2) is 7.33. The molecule has 0 unspecified atom stereocenters. The van der Waals surface area contributed by atoms with Crippen LogP contribution < -0.4 is 5.32 Å². The van der Waals surface area contributed by atoms with Crippen molar-refractivity contribution in [3.63, 3.8) is 0 Å². The van der Waals surface area contributed by atoms with Crippen molar-refractivity contribution in [2.24, 2.45) is 0 Å². The van der Waals surface area contributed by atoms with Gasteiger partial charge in [0.15, 0.2) is 11.6 Å². The summed E-state index contributed by atoms with van der Waals surface area (Å²) in [4.78, 5) is 9.19. The highest BCUT2D eigenvalue weighted by Crippen LogP contribution is 2.23. The first kappa shape index (κ1) is 15.7. The summed E-state index contributed by atoms with van der Waals surface area (Å²) in [7, 11) is 1.71. The first-order valence-corrected chi connectivity index (χ1v) is 7.21. The molecule has 0 aliphatic carbocycles. The van der Waals surface area contributed by atoms with E-state index >= 15 is 0 Å². The van der Waals surface area contributed by atoms with Gasteiger partial charge in [-0.15, -0.1) is 0 Å². The third-order valence-electron chi connectivity index (χ3n) is 3.52. The molecule has 0 aromatic carbocycles. The number of furan rings is 1. The quantitative estimate of drug-likeness (QED) is 0.793. The Hall–Kier alpha value is -1.72. The highest BCUT2D eigenvalue weighted by atomic mass is 16.5. The number of aryl methyl sites for hydroxylation is 3. The van der Waals surface area contributed by atoms with Crippen LogP contribution in [-0.4, -0.2) is 36.8 Å². The summed E-state index contributed by atoms with van der Waals surface area (Å²) < 4.78 is 10.5. The molecule has 2 aromatic rings. The van der Waals surface area contributed by atoms with E-state index in [1.54, 1.807) is 13.4 Å². The van der Waals surface area contributed by atoms with E-state index in [-0.39, 0.29) is 0 Å². The summed E-state index contributed by atoms with van der Waals surface area (Å²) in [6.45, 7) is 8.54. The first-order valence-electron chi connectivity index (χ1n) is 7.21. The van der Waals surface area contributed by atoms with Crippen molar-refractivity contribution >= 4 is 0 Å². The van der Waals surface area contributed by atoms with Crippen LogP contribution in [0.25, 0.3) is 11.6 Å². The highest BCUT2D eigenvalue weighted by molar-refractivity contribution is 5.53. The van der Waals surface area contributed by atoms with Crippen LogP contribution in [0.2, 0.25) is 0 Å². The Morgan fingerprint density at radius 1 is 1.14 bits per heavy atom. The van der Waals surface area contributed by atoms with E-state index in [0.29, 0.717) is 5.82 Å². The lowest BCUT2D eigenvalue weighted by molar-refractivity contribution is 0.199. The average Bonchev–Trinajstić information content (AvgIpc) is 2.87. The maximum absolute atomic E-state index is 5.47. The summed E-state index contributed by atoms with van der Waals surface area (Å²) in [6, 6.07) is 1.93. The van der Waals surface area contributed by atoms with Crippen LogP contribution in [0.4, 0.5) is 0 Å². The molecule has 0 bridgehead atoms. The van der Waals surface area contributed by atoms with Gasteiger partial charge in [0.2, 0.25) is 0 Å². The zero-order valence-electron chi connectivity index (χ0n) is 13.2. The van der Waals surface area contributed by atoms with Gasteiger partial charge in [0.05, 0.1) is 12.9 Å². The van der Waals surface area contributed by atoms with Gasteiger partial charge in [-0.3, -0.25) is 0 Å². The van der Waals surface area contributed by atoms with Crippen LogP contribution >= 0.6 is 0 Å². The molecular formula is C16H23N3O2. The van der Waals surface area contributed by atoms with Crippen LogP contribution in [0.15, 0.2) is 16.7 Å². The molecule has 0 aliphatic rings. The molecule has 0 saturated carbocycles. The van der Waals surface area contributed by atoms with Gasteiger partial charge in [-0.2, -0.15) is 0 Å². The van der Waals surface area contributed by atoms with E-state index in [1.165, 1.54) is 5.56 Å². The molecule has 0 atom stereocenters. The Morgan fingerprint density at radius 3 is 2.43 bits per heavy atom. The van der Waals surface area contributed by atoms with Crippen LogP contribution in [0, 0.1) is 20.8 Å². The summed E-state index contributed by atoms with van der Waals surface area (Å²) in [5, 5.41) is 3.34. The summed E-state index contributed by atoms with van der Waals surface area (Å²) >= 11 is 0. The molecule has 0 fully saturated rings. The van der Waals surface area contributed by atoms with E-state index < -0.39 is 0 Å². The lowest BCUT2D eigenvalue weighted by atomic mass is 10.1. The normalized spacial score (nSPS) is 11.0. The molecule has 0 spiro atoms. The zero-order chi connectivity index (χ0) is 15.2. The second-order valence-corrected chi connectivity index (χ2v) is 5.12. The molecule has 1 N–H and O–H groups in total. The van der Waals surface area contributed by atoms with Crippen molar-refractivity contribution in [2.45, 2.75) is 27.2 Å². The maximum Gasteiger partial charge on any atom is 0.196 e. The fraction of sp³-hybridized carbons (Fsp3) is 0.500. The average molecular weight is 289 g/mol. The molecule has 0 radical (unpaired) electrons. The van der Waals surface area contributed by atoms with Crippen LogP contribution in [0.5, 0.6) is 0 Å². The van der Waals surface area contributed by atoms with Gasteiger partial charge in [0.25, 0.3) is 0 Å². The van der Waals surface area contributed by atoms with E-state index in [1.807, 2.05) is 26.8 Å². The number of aromatic nitrogens is 2. The number of nitrogens with one attached hydrogen (secondary N) is 1. The van der Waals surface area contributed by atoms with Crippen LogP contribution in [0.1, 0.15) is 22.5 Å². The van der Waals surface area contributed by atoms with Crippen molar-refractivity contribution in [1.29, 1.82) is 0 Å². The third kappa shape index (κ3) is 3.89. The maximum atomic E-state index is 5.47. The largest absolute Gasteiger partial charge is 0.461 e. The Labute approximate surface area is 125 Å². The third-order valence-corrected chi connectivity index (χ3v) is 3.52. The molecule has 114 valence electrons. The molecule has 0 saturated heterocycles. The molecule has 2 heterocycles. The van der Waals surface area contributed by atoms with Crippen molar-refractivity contribution in [1.82, 2.24) is 15.3 Å². The number of nitrogens with zero attached hydrogens (tertiary/aromatic N) is 2. The number of hydrogen-bond acceptors (Lipinski definition) is 5. The summed E-state index contributed by atoms with van der Waals surface area (Å²) in [6.07, 6.45) is 2.59. The SMILES string of the molecule is COCCNCCc1c(C)nc(-c2occc2C)nc1C. The Morgan fingerprint density at radius 2 is 1.86 bits per heavy atom. The highest BCUT2D eigenvalue weighted by Gasteiger charge is 2.13. The fourth-order valence-corrected chi connectivity index (χ4v) is 2.32. The molecule has 2 rings (SSSR count). The van der Waals surface area contributed by atoms with Crippen molar-refractivity contribution in [3.8, 4) is 11.6 Å². The van der Waals surface area contributed by atoms with Crippen LogP contribution in [-0.2, 0) is 11.2 Å². The predicted molar refractivity (Wildman–Crippen MR) is 82.4 cm³/mol. The Kier molecular flexibility index (Phi) is 5.47. The van der Waals surface area contributed by atoms with Gasteiger partial charge in [-0.25, -0.2) is 9.97 Å². The van der Waals surface area contributed by atoms with E-state index in [4.69, 9.17) is 9.15 Å². The molecule has 5 nitrogen and oxygen atoms in total. The fourth-order valence-electron chi connectivity index (χ4n) is 2.32. The lowest BCUT2D eigenvalue weighted by Gasteiger charge is -2.11. The molecule has 0 amide bonds. The zero-order valence-corrected chi connectivity index (χ0v) is 13.2. The number of methoxy groups -OCH3 is 1. The minimum absolute atomic E-state index is 0.670. The van der Waals surface area contributed by atoms with E-state index in [0.717, 1.165) is 48.8 Å². The first-order chi connectivity index (χ1) is 10.1. The molecule has 2 aromatic heterocycles.